The first kappa shape index (κ1) is 12.1. The SMILES string of the molecule is CN(c1ccc(CN)cc1)c1snc2ccccc12. The molecule has 0 aliphatic heterocycles. The van der Waals surface area contributed by atoms with Gasteiger partial charge < -0.3 is 10.6 Å². The molecule has 0 saturated heterocycles. The lowest BCUT2D eigenvalue weighted by atomic mass is 10.2. The number of benzene rings is 2. The van der Waals surface area contributed by atoms with Crippen molar-refractivity contribution in [3.8, 4) is 0 Å². The molecule has 1 aromatic heterocycles. The first-order valence-corrected chi connectivity index (χ1v) is 6.94. The van der Waals surface area contributed by atoms with Crippen molar-refractivity contribution in [2.24, 2.45) is 5.73 Å². The summed E-state index contributed by atoms with van der Waals surface area (Å²) in [5.41, 5.74) is 8.96. The highest BCUT2D eigenvalue weighted by molar-refractivity contribution is 7.12. The van der Waals surface area contributed by atoms with Crippen LogP contribution in [0.1, 0.15) is 5.56 Å². The Morgan fingerprint density at radius 3 is 2.58 bits per heavy atom. The van der Waals surface area contributed by atoms with E-state index in [0.717, 1.165) is 21.8 Å². The summed E-state index contributed by atoms with van der Waals surface area (Å²) in [4.78, 5) is 2.17. The van der Waals surface area contributed by atoms with E-state index in [4.69, 9.17) is 5.73 Å². The molecule has 2 N–H and O–H groups in total. The van der Waals surface area contributed by atoms with Gasteiger partial charge in [0.2, 0.25) is 0 Å². The van der Waals surface area contributed by atoms with Gasteiger partial charge in [0.15, 0.2) is 0 Å². The Bertz CT molecular complexity index is 688. The molecule has 96 valence electrons. The highest BCUT2D eigenvalue weighted by Gasteiger charge is 2.11. The van der Waals surface area contributed by atoms with Gasteiger partial charge in [0.25, 0.3) is 0 Å². The van der Waals surface area contributed by atoms with Crippen LogP contribution in [0.4, 0.5) is 10.7 Å². The molecule has 2 aromatic carbocycles. The third-order valence-corrected chi connectivity index (χ3v) is 4.18. The fraction of sp³-hybridized carbons (Fsp3) is 0.133. The van der Waals surface area contributed by atoms with Crippen molar-refractivity contribution in [1.29, 1.82) is 0 Å². The van der Waals surface area contributed by atoms with Gasteiger partial charge in [-0.05, 0) is 41.4 Å². The highest BCUT2D eigenvalue weighted by atomic mass is 32.1. The van der Waals surface area contributed by atoms with Crippen molar-refractivity contribution in [3.63, 3.8) is 0 Å². The van der Waals surface area contributed by atoms with Crippen LogP contribution < -0.4 is 10.6 Å². The monoisotopic (exact) mass is 269 g/mol. The van der Waals surface area contributed by atoms with Gasteiger partial charge in [-0.25, -0.2) is 0 Å². The smallest absolute Gasteiger partial charge is 0.124 e. The predicted molar refractivity (Wildman–Crippen MR) is 82.0 cm³/mol. The number of rotatable bonds is 3. The fourth-order valence-corrected chi connectivity index (χ4v) is 2.93. The van der Waals surface area contributed by atoms with Crippen molar-refractivity contribution in [1.82, 2.24) is 4.37 Å². The fourth-order valence-electron chi connectivity index (χ4n) is 2.09. The average molecular weight is 269 g/mol. The van der Waals surface area contributed by atoms with E-state index in [2.05, 4.69) is 46.7 Å². The van der Waals surface area contributed by atoms with E-state index in [1.165, 1.54) is 16.9 Å². The topological polar surface area (TPSA) is 42.1 Å². The second kappa shape index (κ2) is 4.99. The number of aromatic nitrogens is 1. The number of nitrogens with zero attached hydrogens (tertiary/aromatic N) is 2. The van der Waals surface area contributed by atoms with E-state index >= 15 is 0 Å². The molecule has 0 amide bonds. The highest BCUT2D eigenvalue weighted by Crippen LogP contribution is 2.34. The number of hydrogen-bond donors (Lipinski definition) is 1. The Balaban J connectivity index is 2.00. The minimum absolute atomic E-state index is 0.577. The van der Waals surface area contributed by atoms with E-state index in [9.17, 15) is 0 Å². The number of nitrogens with two attached hydrogens (primary N) is 1. The average Bonchev–Trinajstić information content (AvgIpc) is 2.90. The summed E-state index contributed by atoms with van der Waals surface area (Å²) in [6.45, 7) is 0.577. The Morgan fingerprint density at radius 2 is 1.84 bits per heavy atom. The lowest BCUT2D eigenvalue weighted by Crippen LogP contribution is -2.08. The summed E-state index contributed by atoms with van der Waals surface area (Å²) < 4.78 is 4.48. The van der Waals surface area contributed by atoms with E-state index in [-0.39, 0.29) is 0 Å². The molecular formula is C15H15N3S. The molecule has 0 spiro atoms. The molecule has 3 rings (SSSR count). The molecule has 0 aliphatic carbocycles. The Labute approximate surface area is 116 Å². The van der Waals surface area contributed by atoms with Crippen LogP contribution >= 0.6 is 11.5 Å². The van der Waals surface area contributed by atoms with Gasteiger partial charge in [0, 0.05) is 24.7 Å². The zero-order valence-corrected chi connectivity index (χ0v) is 11.5. The van der Waals surface area contributed by atoms with Crippen molar-refractivity contribution in [2.45, 2.75) is 6.54 Å². The molecule has 0 atom stereocenters. The van der Waals surface area contributed by atoms with Crippen LogP contribution in [0.2, 0.25) is 0 Å². The molecule has 19 heavy (non-hydrogen) atoms. The molecule has 0 unspecified atom stereocenters. The molecule has 3 aromatic rings. The second-order valence-corrected chi connectivity index (χ2v) is 5.19. The van der Waals surface area contributed by atoms with E-state index < -0.39 is 0 Å². The van der Waals surface area contributed by atoms with Crippen molar-refractivity contribution < 1.29 is 0 Å². The molecule has 0 aliphatic rings. The van der Waals surface area contributed by atoms with Crippen molar-refractivity contribution >= 4 is 33.1 Å². The second-order valence-electron chi connectivity index (χ2n) is 4.43. The molecule has 3 nitrogen and oxygen atoms in total. The maximum absolute atomic E-state index is 5.62. The quantitative estimate of drug-likeness (QED) is 0.791. The van der Waals surface area contributed by atoms with Gasteiger partial charge in [-0.2, -0.15) is 4.37 Å². The largest absolute Gasteiger partial charge is 0.335 e. The van der Waals surface area contributed by atoms with Crippen LogP contribution in [0, 0.1) is 0 Å². The van der Waals surface area contributed by atoms with E-state index in [1.54, 1.807) is 0 Å². The molecule has 0 radical (unpaired) electrons. The predicted octanol–water partition coefficient (Wildman–Crippen LogP) is 3.52. The van der Waals surface area contributed by atoms with Crippen LogP contribution in [0.5, 0.6) is 0 Å². The first-order chi connectivity index (χ1) is 9.29. The number of hydrogen-bond acceptors (Lipinski definition) is 4. The summed E-state index contributed by atoms with van der Waals surface area (Å²) >= 11 is 1.53. The molecule has 0 bridgehead atoms. The van der Waals surface area contributed by atoms with Crippen LogP contribution in [-0.4, -0.2) is 11.4 Å². The van der Waals surface area contributed by atoms with Crippen LogP contribution in [0.3, 0.4) is 0 Å². The molecule has 0 fully saturated rings. The minimum atomic E-state index is 0.577. The minimum Gasteiger partial charge on any atom is -0.335 e. The van der Waals surface area contributed by atoms with Gasteiger partial charge in [0.05, 0.1) is 5.52 Å². The van der Waals surface area contributed by atoms with Gasteiger partial charge in [-0.1, -0.05) is 24.3 Å². The standard InChI is InChI=1S/C15H15N3S/c1-18(12-8-6-11(10-16)7-9-12)15-13-4-2-3-5-14(13)17-19-15/h2-9H,10,16H2,1H3. The van der Waals surface area contributed by atoms with Crippen LogP contribution in [-0.2, 0) is 6.54 Å². The summed E-state index contributed by atoms with van der Waals surface area (Å²) in [5, 5.41) is 2.36. The number of fused-ring (bicyclic) bond motifs is 1. The third kappa shape index (κ3) is 2.20. The Hall–Kier alpha value is -1.91. The zero-order valence-electron chi connectivity index (χ0n) is 10.7. The Morgan fingerprint density at radius 1 is 1.11 bits per heavy atom. The van der Waals surface area contributed by atoms with E-state index in [0.29, 0.717) is 6.54 Å². The summed E-state index contributed by atoms with van der Waals surface area (Å²) in [7, 11) is 2.07. The maximum atomic E-state index is 5.62. The Kier molecular flexibility index (Phi) is 3.19. The van der Waals surface area contributed by atoms with E-state index in [1.807, 2.05) is 18.2 Å². The van der Waals surface area contributed by atoms with Crippen molar-refractivity contribution in [3.05, 3.63) is 54.1 Å². The van der Waals surface area contributed by atoms with Gasteiger partial charge in [-0.3, -0.25) is 0 Å². The summed E-state index contributed by atoms with van der Waals surface area (Å²) in [5.74, 6) is 0. The summed E-state index contributed by atoms with van der Waals surface area (Å²) in [6, 6.07) is 16.5. The molecular weight excluding hydrogens is 254 g/mol. The van der Waals surface area contributed by atoms with Gasteiger partial charge >= 0.3 is 0 Å². The molecule has 1 heterocycles. The van der Waals surface area contributed by atoms with Crippen molar-refractivity contribution in [2.75, 3.05) is 11.9 Å². The number of anilines is 2. The molecule has 0 saturated carbocycles. The van der Waals surface area contributed by atoms with Crippen LogP contribution in [0.25, 0.3) is 10.9 Å². The zero-order chi connectivity index (χ0) is 13.2. The lowest BCUT2D eigenvalue weighted by molar-refractivity contribution is 1.07. The third-order valence-electron chi connectivity index (χ3n) is 3.23. The summed E-state index contributed by atoms with van der Waals surface area (Å²) in [6.07, 6.45) is 0. The lowest BCUT2D eigenvalue weighted by Gasteiger charge is -2.17. The maximum Gasteiger partial charge on any atom is 0.124 e. The normalized spacial score (nSPS) is 10.8. The van der Waals surface area contributed by atoms with Gasteiger partial charge in [-0.15, -0.1) is 0 Å². The first-order valence-electron chi connectivity index (χ1n) is 6.17. The molecule has 4 heteroatoms. The van der Waals surface area contributed by atoms with Crippen LogP contribution in [0.15, 0.2) is 48.5 Å². The van der Waals surface area contributed by atoms with Gasteiger partial charge in [0.1, 0.15) is 5.00 Å².